The number of fused-ring (bicyclic) bond motifs is 1. The number of nitrogens with two attached hydrogens (primary N) is 1. The topological polar surface area (TPSA) is 83.0 Å². The lowest BCUT2D eigenvalue weighted by molar-refractivity contribution is 0.0749. The second-order valence-corrected chi connectivity index (χ2v) is 5.52. The standard InChI is InChI=1S/C15H22BN4O2/c1-9(2)22-7-5-6-20-13-11(8-12(16-4)14(20)21)10(3)18-15(17)19-13/h8-9H,5-7H2,1-4H3,(H2,17,18,19). The van der Waals surface area contributed by atoms with Crippen molar-refractivity contribution in [1.29, 1.82) is 0 Å². The Balaban J connectivity index is 2.45. The number of rotatable bonds is 6. The molecule has 7 heteroatoms. The quantitative estimate of drug-likeness (QED) is 0.632. The van der Waals surface area contributed by atoms with Crippen LogP contribution in [0.25, 0.3) is 11.0 Å². The first-order valence-corrected chi connectivity index (χ1v) is 7.52. The zero-order chi connectivity index (χ0) is 16.3. The van der Waals surface area contributed by atoms with Crippen molar-refractivity contribution in [2.24, 2.45) is 0 Å². The Morgan fingerprint density at radius 2 is 2.14 bits per heavy atom. The summed E-state index contributed by atoms with van der Waals surface area (Å²) in [6, 6.07) is 1.83. The molecule has 0 aliphatic heterocycles. The van der Waals surface area contributed by atoms with Crippen LogP contribution in [0, 0.1) is 6.92 Å². The number of hydrogen-bond acceptors (Lipinski definition) is 5. The van der Waals surface area contributed by atoms with Gasteiger partial charge in [-0.15, -0.1) is 0 Å². The van der Waals surface area contributed by atoms with E-state index in [0.29, 0.717) is 24.3 Å². The van der Waals surface area contributed by atoms with Crippen molar-refractivity contribution < 1.29 is 4.74 Å². The SMILES string of the molecule is C[B]c1cc2c(C)nc(N)nc2n(CCCOC(C)C)c1=O. The summed E-state index contributed by atoms with van der Waals surface area (Å²) in [5, 5.41) is 0.853. The Morgan fingerprint density at radius 1 is 1.41 bits per heavy atom. The number of hydrogen-bond donors (Lipinski definition) is 1. The van der Waals surface area contributed by atoms with Gasteiger partial charge in [0.1, 0.15) is 5.65 Å². The third kappa shape index (κ3) is 3.47. The van der Waals surface area contributed by atoms with Gasteiger partial charge >= 0.3 is 0 Å². The molecule has 6 nitrogen and oxygen atoms in total. The molecule has 22 heavy (non-hydrogen) atoms. The fourth-order valence-electron chi connectivity index (χ4n) is 2.39. The number of pyridine rings is 1. The highest BCUT2D eigenvalue weighted by Gasteiger charge is 2.12. The largest absolute Gasteiger partial charge is 0.379 e. The van der Waals surface area contributed by atoms with E-state index in [4.69, 9.17) is 10.5 Å². The Morgan fingerprint density at radius 3 is 2.77 bits per heavy atom. The molecule has 2 rings (SSSR count). The normalized spacial score (nSPS) is 11.3. The van der Waals surface area contributed by atoms with E-state index in [0.717, 1.165) is 17.5 Å². The Bertz CT molecular complexity index is 728. The molecule has 2 aromatic heterocycles. The number of nitrogens with zero attached hydrogens (tertiary/aromatic N) is 3. The van der Waals surface area contributed by atoms with Gasteiger partial charge in [0, 0.05) is 18.5 Å². The van der Waals surface area contributed by atoms with Crippen LogP contribution in [-0.4, -0.2) is 34.5 Å². The smallest absolute Gasteiger partial charge is 0.245 e. The van der Waals surface area contributed by atoms with E-state index >= 15 is 0 Å². The summed E-state index contributed by atoms with van der Waals surface area (Å²) in [5.41, 5.74) is 7.69. The van der Waals surface area contributed by atoms with E-state index in [-0.39, 0.29) is 17.6 Å². The van der Waals surface area contributed by atoms with Gasteiger partial charge in [0.2, 0.25) is 11.5 Å². The van der Waals surface area contributed by atoms with Crippen LogP contribution in [0.15, 0.2) is 10.9 Å². The predicted molar refractivity (Wildman–Crippen MR) is 89.9 cm³/mol. The van der Waals surface area contributed by atoms with Crippen molar-refractivity contribution in [2.75, 3.05) is 12.3 Å². The molecule has 0 fully saturated rings. The van der Waals surface area contributed by atoms with Gasteiger partial charge in [-0.3, -0.25) is 9.36 Å². The zero-order valence-corrected chi connectivity index (χ0v) is 13.6. The molecule has 0 bridgehead atoms. The second kappa shape index (κ2) is 6.92. The lowest BCUT2D eigenvalue weighted by Gasteiger charge is -2.14. The van der Waals surface area contributed by atoms with E-state index in [1.165, 1.54) is 0 Å². The molecule has 0 saturated heterocycles. The molecule has 1 radical (unpaired) electrons. The molecule has 0 unspecified atom stereocenters. The van der Waals surface area contributed by atoms with Gasteiger partial charge in [-0.05, 0) is 32.7 Å². The fraction of sp³-hybridized carbons (Fsp3) is 0.533. The minimum atomic E-state index is -0.0583. The molecule has 0 spiro atoms. The number of aryl methyl sites for hydroxylation is 2. The molecule has 0 atom stereocenters. The summed E-state index contributed by atoms with van der Waals surface area (Å²) in [5.74, 6) is 0.185. The van der Waals surface area contributed by atoms with Crippen molar-refractivity contribution >= 4 is 29.7 Å². The van der Waals surface area contributed by atoms with Gasteiger partial charge in [-0.25, -0.2) is 4.98 Å². The summed E-state index contributed by atoms with van der Waals surface area (Å²) in [6.07, 6.45) is 0.924. The van der Waals surface area contributed by atoms with E-state index in [1.54, 1.807) is 11.8 Å². The minimum absolute atomic E-state index is 0.0583. The third-order valence-electron chi connectivity index (χ3n) is 3.47. The van der Waals surface area contributed by atoms with Gasteiger partial charge in [0.05, 0.1) is 11.8 Å². The van der Waals surface area contributed by atoms with Gasteiger partial charge in [-0.2, -0.15) is 4.98 Å². The molecule has 0 aliphatic rings. The van der Waals surface area contributed by atoms with E-state index in [1.807, 2.05) is 33.7 Å². The number of nitrogen functional groups attached to an aromatic ring is 1. The average molecular weight is 301 g/mol. The van der Waals surface area contributed by atoms with E-state index in [9.17, 15) is 4.79 Å². The summed E-state index contributed by atoms with van der Waals surface area (Å²) in [7, 11) is 1.80. The highest BCUT2D eigenvalue weighted by Crippen LogP contribution is 2.14. The fourth-order valence-corrected chi connectivity index (χ4v) is 2.39. The maximum Gasteiger partial charge on any atom is 0.245 e. The van der Waals surface area contributed by atoms with E-state index < -0.39 is 0 Å². The van der Waals surface area contributed by atoms with Gasteiger partial charge < -0.3 is 10.5 Å². The van der Waals surface area contributed by atoms with Crippen molar-refractivity contribution in [3.05, 3.63) is 22.1 Å². The highest BCUT2D eigenvalue weighted by molar-refractivity contribution is 6.52. The first-order chi connectivity index (χ1) is 10.4. The van der Waals surface area contributed by atoms with E-state index in [2.05, 4.69) is 9.97 Å². The maximum atomic E-state index is 12.6. The Kier molecular flexibility index (Phi) is 5.18. The Hall–Kier alpha value is -1.89. The monoisotopic (exact) mass is 301 g/mol. The second-order valence-electron chi connectivity index (χ2n) is 5.52. The lowest BCUT2D eigenvalue weighted by Crippen LogP contribution is -2.38. The van der Waals surface area contributed by atoms with Crippen LogP contribution in [-0.2, 0) is 11.3 Å². The maximum absolute atomic E-state index is 12.6. The van der Waals surface area contributed by atoms with Crippen molar-refractivity contribution in [3.8, 4) is 0 Å². The van der Waals surface area contributed by atoms with Crippen LogP contribution in [0.4, 0.5) is 5.95 Å². The zero-order valence-electron chi connectivity index (χ0n) is 13.6. The van der Waals surface area contributed by atoms with Crippen LogP contribution >= 0.6 is 0 Å². The lowest BCUT2D eigenvalue weighted by atomic mass is 9.73. The minimum Gasteiger partial charge on any atom is -0.379 e. The molecule has 2 N–H and O–H groups in total. The summed E-state index contributed by atoms with van der Waals surface area (Å²) >= 11 is 0. The summed E-state index contributed by atoms with van der Waals surface area (Å²) in [6.45, 7) is 8.85. The number of anilines is 1. The highest BCUT2D eigenvalue weighted by atomic mass is 16.5. The van der Waals surface area contributed by atoms with Crippen LogP contribution in [0.3, 0.4) is 0 Å². The molecule has 0 aromatic carbocycles. The van der Waals surface area contributed by atoms with Crippen LogP contribution < -0.4 is 16.8 Å². The first kappa shape index (κ1) is 16.5. The van der Waals surface area contributed by atoms with Crippen LogP contribution in [0.5, 0.6) is 0 Å². The molecule has 117 valence electrons. The Labute approximate surface area is 131 Å². The van der Waals surface area contributed by atoms with Crippen molar-refractivity contribution in [2.45, 2.75) is 46.7 Å². The van der Waals surface area contributed by atoms with Crippen molar-refractivity contribution in [3.63, 3.8) is 0 Å². The molecule has 2 aromatic rings. The van der Waals surface area contributed by atoms with Gasteiger partial charge in [-0.1, -0.05) is 12.9 Å². The summed E-state index contributed by atoms with van der Waals surface area (Å²) < 4.78 is 7.20. The molecule has 2 heterocycles. The third-order valence-corrected chi connectivity index (χ3v) is 3.47. The molecular weight excluding hydrogens is 279 g/mol. The van der Waals surface area contributed by atoms with Crippen LogP contribution in [0.1, 0.15) is 26.0 Å². The van der Waals surface area contributed by atoms with Crippen molar-refractivity contribution in [1.82, 2.24) is 14.5 Å². The average Bonchev–Trinajstić information content (AvgIpc) is 2.44. The van der Waals surface area contributed by atoms with Crippen LogP contribution in [0.2, 0.25) is 6.82 Å². The molecule has 0 amide bonds. The molecular formula is C15H22BN4O2. The predicted octanol–water partition coefficient (Wildman–Crippen LogP) is 0.875. The number of aromatic nitrogens is 3. The van der Waals surface area contributed by atoms with Gasteiger partial charge in [0.15, 0.2) is 7.28 Å². The summed E-state index contributed by atoms with van der Waals surface area (Å²) in [4.78, 5) is 21.0. The molecule has 0 aliphatic carbocycles. The first-order valence-electron chi connectivity index (χ1n) is 7.52. The van der Waals surface area contributed by atoms with Gasteiger partial charge in [0.25, 0.3) is 0 Å². The molecule has 0 saturated carbocycles. The number of ether oxygens (including phenoxy) is 1.